The molecule has 0 spiro atoms. The number of esters is 1. The van der Waals surface area contributed by atoms with Crippen LogP contribution in [-0.4, -0.2) is 45.9 Å². The number of nitrogen functional groups attached to an aromatic ring is 1. The lowest BCUT2D eigenvalue weighted by molar-refractivity contribution is -0.136. The van der Waals surface area contributed by atoms with Crippen molar-refractivity contribution < 1.29 is 28.5 Å². The molecule has 4 N–H and O–H groups in total. The lowest BCUT2D eigenvalue weighted by Crippen LogP contribution is -2.59. The molecule has 4 fully saturated rings. The third-order valence-corrected chi connectivity index (χ3v) is 10.5. The van der Waals surface area contributed by atoms with Crippen molar-refractivity contribution in [1.29, 1.82) is 0 Å². The van der Waals surface area contributed by atoms with Crippen LogP contribution in [0, 0.1) is 17.8 Å². The maximum Gasteiger partial charge on any atom is 0.336 e. The molecule has 4 aliphatic carbocycles. The number of anilines is 2. The summed E-state index contributed by atoms with van der Waals surface area (Å²) in [6.07, 6.45) is 7.05. The van der Waals surface area contributed by atoms with E-state index in [1.807, 2.05) is 19.1 Å². The summed E-state index contributed by atoms with van der Waals surface area (Å²) in [6.45, 7) is 1.82. The minimum Gasteiger partial charge on any atom is -0.493 e. The highest BCUT2D eigenvalue weighted by molar-refractivity contribution is 7.19. The van der Waals surface area contributed by atoms with Crippen LogP contribution in [0.3, 0.4) is 0 Å². The van der Waals surface area contributed by atoms with E-state index in [4.69, 9.17) is 24.7 Å². The highest BCUT2D eigenvalue weighted by atomic mass is 32.1. The van der Waals surface area contributed by atoms with E-state index in [9.17, 15) is 9.59 Å². The molecule has 4 saturated carbocycles. The van der Waals surface area contributed by atoms with E-state index in [0.29, 0.717) is 68.0 Å². The summed E-state index contributed by atoms with van der Waals surface area (Å²) >= 11 is 1.33. The average molecular weight is 568 g/mol. The number of carbonyl (C=O) groups excluding carboxylic acids is 2. The first-order valence-corrected chi connectivity index (χ1v) is 14.6. The number of amides is 1. The van der Waals surface area contributed by atoms with E-state index < -0.39 is 11.9 Å². The number of hydrogen-bond acceptors (Lipinski definition) is 9. The van der Waals surface area contributed by atoms with E-state index in [2.05, 4.69) is 10.6 Å². The molecule has 1 aliphatic heterocycles. The lowest BCUT2D eigenvalue weighted by atomic mass is 9.53. The van der Waals surface area contributed by atoms with Gasteiger partial charge in [-0.1, -0.05) is 0 Å². The predicted octanol–water partition coefficient (Wildman–Crippen LogP) is 5.06. The number of ether oxygens (including phenoxy) is 4. The van der Waals surface area contributed by atoms with E-state index in [1.54, 1.807) is 14.2 Å². The van der Waals surface area contributed by atoms with E-state index in [-0.39, 0.29) is 11.4 Å². The van der Waals surface area contributed by atoms with Crippen LogP contribution in [0.25, 0.3) is 0 Å². The van der Waals surface area contributed by atoms with Crippen LogP contribution < -0.4 is 30.6 Å². The summed E-state index contributed by atoms with van der Waals surface area (Å²) < 4.78 is 21.9. The van der Waals surface area contributed by atoms with Crippen molar-refractivity contribution >= 4 is 33.9 Å². The van der Waals surface area contributed by atoms with Gasteiger partial charge < -0.3 is 35.3 Å². The minimum atomic E-state index is -0.616. The number of nitrogens with one attached hydrogen (secondary N) is 2. The monoisotopic (exact) mass is 567 g/mol. The summed E-state index contributed by atoms with van der Waals surface area (Å²) in [4.78, 5) is 27.5. The Morgan fingerprint density at radius 2 is 1.55 bits per heavy atom. The largest absolute Gasteiger partial charge is 0.493 e. The Labute approximate surface area is 238 Å². The van der Waals surface area contributed by atoms with Crippen LogP contribution in [-0.2, 0) is 9.53 Å². The van der Waals surface area contributed by atoms with Gasteiger partial charge in [0.25, 0.3) is 5.91 Å². The first-order chi connectivity index (χ1) is 19.2. The maximum atomic E-state index is 13.9. The van der Waals surface area contributed by atoms with Gasteiger partial charge in [0.2, 0.25) is 5.75 Å². The Hall–Kier alpha value is -3.40. The van der Waals surface area contributed by atoms with Gasteiger partial charge in [-0.15, -0.1) is 11.3 Å². The molecular formula is C30H37N3O6S. The SMILES string of the molecule is COC(=O)C1=C(C)Nc2sc(C(=O)NC34CC5CC(CC(C5)C3)C4)c(N)c2C1c1cc(OC)c(OC)c(OC)c1. The predicted molar refractivity (Wildman–Crippen MR) is 153 cm³/mol. The van der Waals surface area contributed by atoms with Crippen LogP contribution in [0.1, 0.15) is 72.2 Å². The molecule has 1 amide bonds. The van der Waals surface area contributed by atoms with Gasteiger partial charge in [-0.2, -0.15) is 0 Å². The van der Waals surface area contributed by atoms with Crippen LogP contribution in [0.4, 0.5) is 10.7 Å². The lowest BCUT2D eigenvalue weighted by Gasteiger charge is -2.56. The topological polar surface area (TPSA) is 121 Å². The average Bonchev–Trinajstić information content (AvgIpc) is 3.25. The highest BCUT2D eigenvalue weighted by Gasteiger charge is 2.52. The number of benzene rings is 1. The van der Waals surface area contributed by atoms with Crippen molar-refractivity contribution in [3.63, 3.8) is 0 Å². The van der Waals surface area contributed by atoms with Crippen molar-refractivity contribution in [2.75, 3.05) is 39.5 Å². The van der Waals surface area contributed by atoms with Crippen molar-refractivity contribution in [3.05, 3.63) is 39.4 Å². The summed E-state index contributed by atoms with van der Waals surface area (Å²) in [5, 5.41) is 7.52. The van der Waals surface area contributed by atoms with Gasteiger partial charge in [0.05, 0.1) is 44.7 Å². The van der Waals surface area contributed by atoms with Gasteiger partial charge in [-0.3, -0.25) is 4.79 Å². The molecule has 10 heteroatoms. The summed E-state index contributed by atoms with van der Waals surface area (Å²) in [5.74, 6) is 2.23. The smallest absolute Gasteiger partial charge is 0.336 e. The van der Waals surface area contributed by atoms with Crippen molar-refractivity contribution in [1.82, 2.24) is 5.32 Å². The molecule has 9 nitrogen and oxygen atoms in total. The third-order valence-electron chi connectivity index (χ3n) is 9.31. The second-order valence-corrected chi connectivity index (χ2v) is 12.8. The molecule has 5 aliphatic rings. The van der Waals surface area contributed by atoms with Gasteiger partial charge in [0, 0.05) is 22.7 Å². The molecule has 2 heterocycles. The number of hydrogen-bond donors (Lipinski definition) is 3. The van der Waals surface area contributed by atoms with Crippen LogP contribution in [0.15, 0.2) is 23.4 Å². The maximum absolute atomic E-state index is 13.9. The first kappa shape index (κ1) is 26.8. The fourth-order valence-electron chi connectivity index (χ4n) is 8.15. The zero-order valence-corrected chi connectivity index (χ0v) is 24.5. The standard InChI is InChI=1S/C30H37N3O6S/c1-14-21(29(35)39-5)22(18-9-19(36-2)25(38-4)20(10-18)37-3)23-24(31)26(40-28(23)32-14)27(34)33-30-11-15-6-16(12-30)8-17(7-15)13-30/h9-10,15-17,22,32H,6-8,11-13,31H2,1-5H3,(H,33,34). The number of carbonyl (C=O) groups is 2. The zero-order chi connectivity index (χ0) is 28.3. The third kappa shape index (κ3) is 4.19. The molecule has 7 rings (SSSR count). The quantitative estimate of drug-likeness (QED) is 0.397. The Morgan fingerprint density at radius 3 is 2.05 bits per heavy atom. The summed E-state index contributed by atoms with van der Waals surface area (Å²) in [6, 6.07) is 3.62. The number of fused-ring (bicyclic) bond motifs is 1. The van der Waals surface area contributed by atoms with Crippen molar-refractivity contribution in [2.45, 2.75) is 56.9 Å². The molecule has 1 aromatic heterocycles. The van der Waals surface area contributed by atoms with Gasteiger partial charge in [0.15, 0.2) is 11.5 Å². The Morgan fingerprint density at radius 1 is 0.975 bits per heavy atom. The Kier molecular flexibility index (Phi) is 6.64. The molecule has 1 unspecified atom stereocenters. The molecule has 0 radical (unpaired) electrons. The summed E-state index contributed by atoms with van der Waals surface area (Å²) in [7, 11) is 5.98. The number of nitrogens with two attached hydrogens (primary N) is 1. The molecular weight excluding hydrogens is 530 g/mol. The second kappa shape index (κ2) is 9.90. The first-order valence-electron chi connectivity index (χ1n) is 13.8. The number of methoxy groups -OCH3 is 4. The van der Waals surface area contributed by atoms with Gasteiger partial charge in [-0.25, -0.2) is 4.79 Å². The Balaban J connectivity index is 1.43. The minimum absolute atomic E-state index is 0.137. The van der Waals surface area contributed by atoms with E-state index in [1.165, 1.54) is 44.8 Å². The van der Waals surface area contributed by atoms with Gasteiger partial charge in [-0.05, 0) is 80.9 Å². The molecule has 40 heavy (non-hydrogen) atoms. The Bertz CT molecular complexity index is 1350. The molecule has 1 aromatic carbocycles. The number of rotatable bonds is 7. The van der Waals surface area contributed by atoms with E-state index >= 15 is 0 Å². The fraction of sp³-hybridized carbons (Fsp3) is 0.533. The van der Waals surface area contributed by atoms with Gasteiger partial charge >= 0.3 is 5.97 Å². The number of thiophene rings is 1. The van der Waals surface area contributed by atoms with Crippen LogP contribution >= 0.6 is 11.3 Å². The summed E-state index contributed by atoms with van der Waals surface area (Å²) in [5.41, 5.74) is 9.44. The highest BCUT2D eigenvalue weighted by Crippen LogP contribution is 2.56. The molecule has 0 saturated heterocycles. The van der Waals surface area contributed by atoms with Crippen molar-refractivity contribution in [3.8, 4) is 17.2 Å². The van der Waals surface area contributed by atoms with E-state index in [0.717, 1.165) is 24.3 Å². The fourth-order valence-corrected chi connectivity index (χ4v) is 9.26. The molecule has 4 bridgehead atoms. The molecule has 2 aromatic rings. The van der Waals surface area contributed by atoms with Gasteiger partial charge in [0.1, 0.15) is 4.88 Å². The van der Waals surface area contributed by atoms with Crippen LogP contribution in [0.5, 0.6) is 17.2 Å². The molecule has 1 atom stereocenters. The van der Waals surface area contributed by atoms with Crippen molar-refractivity contribution in [2.24, 2.45) is 17.8 Å². The number of allylic oxidation sites excluding steroid dienone is 1. The second-order valence-electron chi connectivity index (χ2n) is 11.8. The van der Waals surface area contributed by atoms with Crippen LogP contribution in [0.2, 0.25) is 0 Å². The zero-order valence-electron chi connectivity index (χ0n) is 23.6. The molecule has 214 valence electrons. The normalized spacial score (nSPS) is 28.0.